The summed E-state index contributed by atoms with van der Waals surface area (Å²) in [5.74, 6) is 0. The third-order valence-corrected chi connectivity index (χ3v) is 11.3. The van der Waals surface area contributed by atoms with Gasteiger partial charge in [-0.15, -0.1) is 0 Å². The largest absolute Gasteiger partial charge is 0.295 e. The zero-order valence-corrected chi connectivity index (χ0v) is 20.9. The van der Waals surface area contributed by atoms with Gasteiger partial charge in [0.1, 0.15) is 4.90 Å². The fourth-order valence-electron chi connectivity index (χ4n) is 3.53. The van der Waals surface area contributed by atoms with Crippen molar-refractivity contribution in [3.63, 3.8) is 0 Å². The lowest BCUT2D eigenvalue weighted by Gasteiger charge is -2.28. The van der Waals surface area contributed by atoms with Crippen LogP contribution >= 0.6 is 7.26 Å². The van der Waals surface area contributed by atoms with Gasteiger partial charge in [0.2, 0.25) is 0 Å². The quantitative estimate of drug-likeness (QED) is 0.236. The molecule has 0 radical (unpaired) electrons. The van der Waals surface area contributed by atoms with E-state index in [1.165, 1.54) is 69.6 Å². The van der Waals surface area contributed by atoms with Gasteiger partial charge in [-0.25, -0.2) is 0 Å². The van der Waals surface area contributed by atoms with Crippen molar-refractivity contribution in [2.45, 2.75) is 84.0 Å². The van der Waals surface area contributed by atoms with Crippen molar-refractivity contribution in [3.05, 3.63) is 36.4 Å². The maximum atomic E-state index is 10.7. The smallest absolute Gasteiger partial charge is 0.282 e. The van der Waals surface area contributed by atoms with Gasteiger partial charge in [0.15, 0.2) is 0 Å². The highest BCUT2D eigenvalue weighted by atomic mass is 32.2. The van der Waals surface area contributed by atoms with Crippen molar-refractivity contribution < 1.29 is 13.0 Å². The van der Waals surface area contributed by atoms with E-state index in [1.54, 1.807) is 36.8 Å². The molecule has 0 aromatic heterocycles. The molecule has 29 heavy (non-hydrogen) atoms. The van der Waals surface area contributed by atoms with E-state index in [2.05, 4.69) is 34.3 Å². The summed E-state index contributed by atoms with van der Waals surface area (Å²) in [6.45, 7) is 12.9. The predicted octanol–water partition coefficient (Wildman–Crippen LogP) is 7.78. The van der Waals surface area contributed by atoms with E-state index in [1.807, 2.05) is 0 Å². The van der Waals surface area contributed by atoms with Gasteiger partial charge in [0.05, 0.1) is 24.6 Å². The van der Waals surface area contributed by atoms with Gasteiger partial charge in [-0.1, -0.05) is 84.2 Å². The Morgan fingerprint density at radius 2 is 1.21 bits per heavy atom. The highest BCUT2D eigenvalue weighted by molar-refractivity contribution is 7.86. The summed E-state index contributed by atoms with van der Waals surface area (Å²) in [5, 5.41) is 0. The maximum absolute atomic E-state index is 10.7. The molecule has 0 amide bonds. The normalized spacial score (nSPS) is 11.6. The molecule has 1 aromatic carbocycles. The molecular formula is C24H44O3PS+. The Labute approximate surface area is 181 Å². The predicted molar refractivity (Wildman–Crippen MR) is 132 cm³/mol. The third kappa shape index (κ3) is 11.9. The van der Waals surface area contributed by atoms with Crippen LogP contribution in [0.3, 0.4) is 0 Å². The lowest BCUT2D eigenvalue weighted by atomic mass is 10.2. The van der Waals surface area contributed by atoms with E-state index in [0.29, 0.717) is 5.56 Å². The summed E-state index contributed by atoms with van der Waals surface area (Å²) >= 11 is 0. The van der Waals surface area contributed by atoms with Crippen molar-refractivity contribution in [2.24, 2.45) is 0 Å². The molecule has 0 heterocycles. The van der Waals surface area contributed by atoms with Crippen LogP contribution in [-0.4, -0.2) is 37.6 Å². The van der Waals surface area contributed by atoms with Gasteiger partial charge >= 0.3 is 0 Å². The molecule has 0 spiro atoms. The first-order valence-electron chi connectivity index (χ1n) is 11.3. The Hall–Kier alpha value is -0.700. The fraction of sp³-hybridized carbons (Fsp3) is 0.667. The van der Waals surface area contributed by atoms with Crippen LogP contribution in [0.25, 0.3) is 6.08 Å². The van der Waals surface area contributed by atoms with Crippen LogP contribution in [0.2, 0.25) is 0 Å². The molecule has 0 bridgehead atoms. The maximum Gasteiger partial charge on any atom is 0.295 e. The van der Waals surface area contributed by atoms with Crippen molar-refractivity contribution in [2.75, 3.05) is 24.6 Å². The first-order chi connectivity index (χ1) is 13.8. The molecule has 3 nitrogen and oxygen atoms in total. The minimum Gasteiger partial charge on any atom is -0.282 e. The van der Waals surface area contributed by atoms with Crippen LogP contribution < -0.4 is 0 Å². The number of rotatable bonds is 14. The molecule has 0 atom stereocenters. The number of hydrogen-bond donors (Lipinski definition) is 1. The van der Waals surface area contributed by atoms with Gasteiger partial charge < -0.3 is 0 Å². The van der Waals surface area contributed by atoms with Gasteiger partial charge in [0.25, 0.3) is 10.1 Å². The zero-order chi connectivity index (χ0) is 22.2. The molecular weight excluding hydrogens is 399 g/mol. The van der Waals surface area contributed by atoms with Crippen LogP contribution in [0.15, 0.2) is 35.7 Å². The molecule has 0 aliphatic carbocycles. The number of benzene rings is 1. The number of unbranched alkanes of at least 4 members (excludes halogenated alkanes) is 4. The Morgan fingerprint density at radius 3 is 1.48 bits per heavy atom. The van der Waals surface area contributed by atoms with Crippen LogP contribution in [0.1, 0.15) is 84.6 Å². The Kier molecular flexibility index (Phi) is 15.7. The van der Waals surface area contributed by atoms with Crippen molar-refractivity contribution in [1.29, 1.82) is 0 Å². The van der Waals surface area contributed by atoms with Gasteiger partial charge in [-0.05, 0) is 37.3 Å². The van der Waals surface area contributed by atoms with Crippen LogP contribution in [-0.2, 0) is 10.1 Å². The first-order valence-corrected chi connectivity index (χ1v) is 15.3. The summed E-state index contributed by atoms with van der Waals surface area (Å²) in [4.78, 5) is -0.111. The highest BCUT2D eigenvalue weighted by Gasteiger charge is 2.34. The minimum atomic E-state index is -4.12. The second-order valence-electron chi connectivity index (χ2n) is 7.87. The molecule has 0 aliphatic rings. The Bertz CT molecular complexity index is 618. The Morgan fingerprint density at radius 1 is 0.828 bits per heavy atom. The molecule has 0 saturated heterocycles. The Balaban J connectivity index is 0.000000571. The van der Waals surface area contributed by atoms with Crippen molar-refractivity contribution >= 4 is 23.5 Å². The summed E-state index contributed by atoms with van der Waals surface area (Å²) in [7, 11) is -4.68. The first kappa shape index (κ1) is 28.3. The zero-order valence-electron chi connectivity index (χ0n) is 19.2. The molecule has 1 rings (SSSR count). The van der Waals surface area contributed by atoms with Gasteiger partial charge in [-0.3, -0.25) is 4.55 Å². The van der Waals surface area contributed by atoms with E-state index >= 15 is 0 Å². The van der Waals surface area contributed by atoms with E-state index in [0.717, 1.165) is 0 Å². The number of hydrogen-bond acceptors (Lipinski definition) is 2. The molecule has 0 aliphatic heterocycles. The lowest BCUT2D eigenvalue weighted by molar-refractivity contribution is 0.483. The van der Waals surface area contributed by atoms with E-state index in [4.69, 9.17) is 4.55 Å². The molecule has 1 aromatic rings. The third-order valence-electron chi connectivity index (χ3n) is 5.36. The molecule has 0 saturated carbocycles. The van der Waals surface area contributed by atoms with E-state index < -0.39 is 17.4 Å². The average molecular weight is 444 g/mol. The monoisotopic (exact) mass is 443 g/mol. The lowest BCUT2D eigenvalue weighted by Crippen LogP contribution is -2.12. The summed E-state index contributed by atoms with van der Waals surface area (Å²) in [6, 6.07) is 6.10. The van der Waals surface area contributed by atoms with Gasteiger partial charge in [-0.2, -0.15) is 8.42 Å². The van der Waals surface area contributed by atoms with Crippen molar-refractivity contribution in [3.8, 4) is 0 Å². The molecule has 0 unspecified atom stereocenters. The van der Waals surface area contributed by atoms with Crippen LogP contribution in [0.4, 0.5) is 0 Å². The topological polar surface area (TPSA) is 54.4 Å². The summed E-state index contributed by atoms with van der Waals surface area (Å²) in [6.07, 6.45) is 19.3. The average Bonchev–Trinajstić information content (AvgIpc) is 2.72. The van der Waals surface area contributed by atoms with Crippen LogP contribution in [0, 0.1) is 0 Å². The minimum absolute atomic E-state index is 0.111. The molecule has 168 valence electrons. The van der Waals surface area contributed by atoms with E-state index in [9.17, 15) is 8.42 Å². The summed E-state index contributed by atoms with van der Waals surface area (Å²) in [5.41, 5.74) is 0.403. The fourth-order valence-corrected chi connectivity index (χ4v) is 9.52. The molecule has 1 N–H and O–H groups in total. The van der Waals surface area contributed by atoms with E-state index in [-0.39, 0.29) is 4.90 Å². The second-order valence-corrected chi connectivity index (χ2v) is 13.7. The van der Waals surface area contributed by atoms with Crippen molar-refractivity contribution in [1.82, 2.24) is 0 Å². The summed E-state index contributed by atoms with van der Waals surface area (Å²) < 4.78 is 30.2. The SMILES string of the molecule is C=Cc1ccccc1S(=O)(=O)O.CCCC[P+](CCCC)(CCCC)CCCC. The second kappa shape index (κ2) is 16.1. The highest BCUT2D eigenvalue weighted by Crippen LogP contribution is 2.61. The van der Waals surface area contributed by atoms with Gasteiger partial charge in [0, 0.05) is 7.26 Å². The molecule has 0 fully saturated rings. The van der Waals surface area contributed by atoms with Crippen LogP contribution in [0.5, 0.6) is 0 Å². The standard InChI is InChI=1S/C16H36P.C8H8O3S/c1-5-9-13-17(14-10-6-2,15-11-7-3)16-12-8-4;1-2-7-5-3-4-6-8(7)12(9,10)11/h5-16H2,1-4H3;2-6H,1H2,(H,9,10,11)/q+1;. The molecule has 5 heteroatoms.